The van der Waals surface area contributed by atoms with E-state index in [0.29, 0.717) is 12.2 Å². The number of fused-ring (bicyclic) bond motifs is 1. The van der Waals surface area contributed by atoms with Gasteiger partial charge in [0.1, 0.15) is 6.54 Å². The first-order chi connectivity index (χ1) is 5.79. The lowest BCUT2D eigenvalue weighted by molar-refractivity contribution is -0.422. The molecular formula is C8H7N2O2+. The number of benzene rings is 1. The van der Waals surface area contributed by atoms with Crippen molar-refractivity contribution in [3.05, 3.63) is 29.8 Å². The summed E-state index contributed by atoms with van der Waals surface area (Å²) in [6.07, 6.45) is -1.03. The van der Waals surface area contributed by atoms with Crippen LogP contribution in [0.4, 0.5) is 10.5 Å². The summed E-state index contributed by atoms with van der Waals surface area (Å²) in [5.74, 6) is 0. The molecule has 1 aliphatic heterocycles. The van der Waals surface area contributed by atoms with Crippen LogP contribution in [0.3, 0.4) is 0 Å². The minimum atomic E-state index is -1.03. The summed E-state index contributed by atoms with van der Waals surface area (Å²) in [5.41, 5.74) is 1.63. The van der Waals surface area contributed by atoms with E-state index in [1.165, 1.54) is 0 Å². The van der Waals surface area contributed by atoms with Gasteiger partial charge in [0, 0.05) is 10.8 Å². The number of nitrogens with zero attached hydrogens (tertiary/aromatic N) is 2. The Morgan fingerprint density at radius 1 is 1.50 bits per heavy atom. The molecule has 1 amide bonds. The van der Waals surface area contributed by atoms with Gasteiger partial charge in [0.15, 0.2) is 0 Å². The van der Waals surface area contributed by atoms with Crippen LogP contribution in [0, 0.1) is 0 Å². The molecule has 0 aromatic heterocycles. The predicted molar refractivity (Wildman–Crippen MR) is 40.5 cm³/mol. The van der Waals surface area contributed by atoms with Crippen LogP contribution in [0.5, 0.6) is 0 Å². The molecule has 0 aliphatic carbocycles. The maximum absolute atomic E-state index is 10.6. The van der Waals surface area contributed by atoms with Crippen LogP contribution < -0.4 is 0 Å². The number of hydrogen-bond donors (Lipinski definition) is 1. The zero-order valence-electron chi connectivity index (χ0n) is 6.27. The second-order valence-electron chi connectivity index (χ2n) is 2.52. The van der Waals surface area contributed by atoms with Crippen LogP contribution >= 0.6 is 0 Å². The number of amides is 1. The maximum atomic E-state index is 10.6. The Balaban J connectivity index is 2.52. The molecule has 60 valence electrons. The lowest BCUT2D eigenvalue weighted by atomic mass is 10.2. The topological polar surface area (TPSA) is 52.7 Å². The Morgan fingerprint density at radius 3 is 3.00 bits per heavy atom. The summed E-state index contributed by atoms with van der Waals surface area (Å²) < 4.78 is 1.01. The summed E-state index contributed by atoms with van der Waals surface area (Å²) >= 11 is 0. The molecule has 4 heteroatoms. The van der Waals surface area contributed by atoms with Crippen molar-refractivity contribution < 1.29 is 14.6 Å². The predicted octanol–water partition coefficient (Wildman–Crippen LogP) is 1.97. The molecule has 1 N–H and O–H groups in total. The van der Waals surface area contributed by atoms with Crippen molar-refractivity contribution in [1.29, 1.82) is 0 Å². The average Bonchev–Trinajstić information content (AvgIpc) is 2.47. The largest absolute Gasteiger partial charge is 0.626 e. The molecule has 0 saturated carbocycles. The molecule has 0 unspecified atom stereocenters. The summed E-state index contributed by atoms with van der Waals surface area (Å²) in [6.45, 7) is 0.461. The van der Waals surface area contributed by atoms with Crippen molar-refractivity contribution in [1.82, 2.24) is 0 Å². The minimum absolute atomic E-state index is 0.461. The Morgan fingerprint density at radius 2 is 2.25 bits per heavy atom. The molecule has 4 nitrogen and oxygen atoms in total. The van der Waals surface area contributed by atoms with E-state index in [2.05, 4.69) is 5.11 Å². The van der Waals surface area contributed by atoms with Crippen molar-refractivity contribution in [2.75, 3.05) is 0 Å². The third-order valence-electron chi connectivity index (χ3n) is 1.78. The van der Waals surface area contributed by atoms with Gasteiger partial charge in [-0.1, -0.05) is 18.2 Å². The molecule has 0 atom stereocenters. The smallest absolute Gasteiger partial charge is 0.425 e. The van der Waals surface area contributed by atoms with Crippen molar-refractivity contribution in [3.8, 4) is 0 Å². The van der Waals surface area contributed by atoms with Gasteiger partial charge in [0.2, 0.25) is 0 Å². The van der Waals surface area contributed by atoms with Crippen LogP contribution in [-0.2, 0) is 6.54 Å². The number of azo groups is 2. The molecule has 0 spiro atoms. The summed E-state index contributed by atoms with van der Waals surface area (Å²) in [6, 6.07) is 7.30. The molecule has 1 aliphatic rings. The SMILES string of the molecule is O=C(O)[N+]1=NCc2ccccc21. The second kappa shape index (κ2) is 2.41. The number of para-hydroxylation sites is 1. The Labute approximate surface area is 68.8 Å². The van der Waals surface area contributed by atoms with E-state index in [0.717, 1.165) is 10.3 Å². The van der Waals surface area contributed by atoms with Crippen molar-refractivity contribution >= 4 is 11.8 Å². The standard InChI is InChI=1S/C8H6N2O2/c11-8(12)10-7-4-2-1-3-6(7)5-9-10/h1-4H,5H2/p+1. The molecule has 1 aromatic rings. The molecule has 2 rings (SSSR count). The van der Waals surface area contributed by atoms with Gasteiger partial charge in [-0.3, -0.25) is 0 Å². The van der Waals surface area contributed by atoms with E-state index >= 15 is 0 Å². The highest BCUT2D eigenvalue weighted by atomic mass is 16.4. The van der Waals surface area contributed by atoms with Crippen LogP contribution in [0.15, 0.2) is 29.4 Å². The van der Waals surface area contributed by atoms with Crippen molar-refractivity contribution in [2.24, 2.45) is 5.11 Å². The highest BCUT2D eigenvalue weighted by Gasteiger charge is 2.30. The quantitative estimate of drug-likeness (QED) is 0.594. The normalized spacial score (nSPS) is 13.8. The van der Waals surface area contributed by atoms with Gasteiger partial charge >= 0.3 is 6.09 Å². The number of hydrogen-bond acceptors (Lipinski definition) is 2. The van der Waals surface area contributed by atoms with Crippen LogP contribution in [0.1, 0.15) is 5.56 Å². The first kappa shape index (κ1) is 6.97. The zero-order chi connectivity index (χ0) is 8.55. The number of carboxylic acid groups (broad SMARTS) is 1. The zero-order valence-corrected chi connectivity index (χ0v) is 6.27. The first-order valence-electron chi connectivity index (χ1n) is 3.57. The molecule has 0 fully saturated rings. The van der Waals surface area contributed by atoms with E-state index in [4.69, 9.17) is 5.11 Å². The summed E-state index contributed by atoms with van der Waals surface area (Å²) in [5, 5.41) is 12.5. The van der Waals surface area contributed by atoms with Gasteiger partial charge in [0.05, 0.1) is 5.56 Å². The fraction of sp³-hybridized carbons (Fsp3) is 0.125. The molecule has 0 radical (unpaired) electrons. The Hall–Kier alpha value is -1.71. The molecule has 0 saturated heterocycles. The fourth-order valence-electron chi connectivity index (χ4n) is 1.24. The van der Waals surface area contributed by atoms with E-state index in [1.807, 2.05) is 12.1 Å². The molecule has 1 heterocycles. The third-order valence-corrected chi connectivity index (χ3v) is 1.78. The molecular weight excluding hydrogens is 156 g/mol. The van der Waals surface area contributed by atoms with Gasteiger partial charge < -0.3 is 5.11 Å². The maximum Gasteiger partial charge on any atom is 0.626 e. The third kappa shape index (κ3) is 0.887. The average molecular weight is 163 g/mol. The lowest BCUT2D eigenvalue weighted by Gasteiger charge is -1.88. The summed E-state index contributed by atoms with van der Waals surface area (Å²) in [4.78, 5) is 10.6. The highest BCUT2D eigenvalue weighted by Crippen LogP contribution is 2.25. The van der Waals surface area contributed by atoms with Crippen molar-refractivity contribution in [2.45, 2.75) is 6.54 Å². The lowest BCUT2D eigenvalue weighted by Crippen LogP contribution is -2.08. The Bertz CT molecular complexity index is 371. The van der Waals surface area contributed by atoms with Gasteiger partial charge in [-0.15, -0.1) is 0 Å². The molecule has 12 heavy (non-hydrogen) atoms. The van der Waals surface area contributed by atoms with E-state index < -0.39 is 6.09 Å². The number of rotatable bonds is 0. The van der Waals surface area contributed by atoms with Crippen molar-refractivity contribution in [3.63, 3.8) is 0 Å². The van der Waals surface area contributed by atoms with E-state index in [1.54, 1.807) is 12.1 Å². The molecule has 1 aromatic carbocycles. The fourth-order valence-corrected chi connectivity index (χ4v) is 1.24. The van der Waals surface area contributed by atoms with Crippen LogP contribution in [0.2, 0.25) is 0 Å². The highest BCUT2D eigenvalue weighted by molar-refractivity contribution is 5.60. The van der Waals surface area contributed by atoms with Crippen LogP contribution in [-0.4, -0.2) is 15.9 Å². The van der Waals surface area contributed by atoms with E-state index in [9.17, 15) is 4.79 Å². The monoisotopic (exact) mass is 163 g/mol. The van der Waals surface area contributed by atoms with Crippen LogP contribution in [0.25, 0.3) is 0 Å². The molecule has 0 bridgehead atoms. The van der Waals surface area contributed by atoms with Gasteiger partial charge in [-0.05, 0) is 5.11 Å². The minimum Gasteiger partial charge on any atom is -0.425 e. The first-order valence-corrected chi connectivity index (χ1v) is 3.57. The van der Waals surface area contributed by atoms with E-state index in [-0.39, 0.29) is 0 Å². The number of carbonyl (C=O) groups is 1. The van der Waals surface area contributed by atoms with Gasteiger partial charge in [-0.25, -0.2) is 0 Å². The van der Waals surface area contributed by atoms with Gasteiger partial charge in [-0.2, -0.15) is 4.79 Å². The second-order valence-corrected chi connectivity index (χ2v) is 2.52. The Kier molecular flexibility index (Phi) is 1.40. The summed E-state index contributed by atoms with van der Waals surface area (Å²) in [7, 11) is 0. The van der Waals surface area contributed by atoms with Gasteiger partial charge in [0.25, 0.3) is 5.69 Å².